The number of hydrogen-bond acceptors (Lipinski definition) is 3. The summed E-state index contributed by atoms with van der Waals surface area (Å²) < 4.78 is 38.3. The Morgan fingerprint density at radius 3 is 2.61 bits per heavy atom. The fourth-order valence-electron chi connectivity index (χ4n) is 2.66. The third-order valence-corrected chi connectivity index (χ3v) is 3.98. The summed E-state index contributed by atoms with van der Waals surface area (Å²) >= 11 is 0. The van der Waals surface area contributed by atoms with Crippen LogP contribution in [0, 0.1) is 0 Å². The summed E-state index contributed by atoms with van der Waals surface area (Å²) in [6.07, 6.45) is 2.65. The fourth-order valence-corrected chi connectivity index (χ4v) is 2.66. The Bertz CT molecular complexity index is 557. The van der Waals surface area contributed by atoms with Crippen molar-refractivity contribution in [3.63, 3.8) is 0 Å². The van der Waals surface area contributed by atoms with Crippen LogP contribution in [-0.4, -0.2) is 64.7 Å². The Kier molecular flexibility index (Phi) is 5.46. The molecule has 2 heterocycles. The van der Waals surface area contributed by atoms with Crippen molar-refractivity contribution in [2.75, 3.05) is 27.2 Å². The fraction of sp³-hybridized carbons (Fsp3) is 0.600. The van der Waals surface area contributed by atoms with E-state index in [0.717, 1.165) is 17.4 Å². The molecule has 1 aliphatic heterocycles. The molecular weight excluding hydrogens is 309 g/mol. The lowest BCUT2D eigenvalue weighted by molar-refractivity contribution is -0.140. The van der Waals surface area contributed by atoms with Gasteiger partial charge in [0.2, 0.25) is 5.91 Å². The molecule has 0 radical (unpaired) electrons. The van der Waals surface area contributed by atoms with Crippen LogP contribution in [0.2, 0.25) is 0 Å². The van der Waals surface area contributed by atoms with Crippen molar-refractivity contribution >= 4 is 12.0 Å². The molecule has 2 rings (SSSR count). The van der Waals surface area contributed by atoms with Gasteiger partial charge in [-0.2, -0.15) is 13.2 Å². The van der Waals surface area contributed by atoms with Gasteiger partial charge in [0.1, 0.15) is 12.4 Å². The first-order chi connectivity index (χ1) is 10.8. The van der Waals surface area contributed by atoms with Crippen LogP contribution in [0.4, 0.5) is 13.2 Å². The third-order valence-electron chi connectivity index (χ3n) is 3.98. The Balaban J connectivity index is 1.94. The molecule has 1 amide bonds. The summed E-state index contributed by atoms with van der Waals surface area (Å²) in [6.45, 7) is 0.196. The topological polar surface area (TPSA) is 41.4 Å². The smallest absolute Gasteiger partial charge is 0.339 e. The largest absolute Gasteiger partial charge is 0.406 e. The highest BCUT2D eigenvalue weighted by Crippen LogP contribution is 2.19. The Morgan fingerprint density at radius 1 is 1.39 bits per heavy atom. The summed E-state index contributed by atoms with van der Waals surface area (Å²) in [4.78, 5) is 19.8. The van der Waals surface area contributed by atoms with Crippen LogP contribution < -0.4 is 0 Å². The predicted molar refractivity (Wildman–Crippen MR) is 80.6 cm³/mol. The molecular formula is C15H21F3N4O. The second-order valence-electron chi connectivity index (χ2n) is 5.88. The highest BCUT2D eigenvalue weighted by Gasteiger charge is 2.28. The zero-order chi connectivity index (χ0) is 17.0. The maximum Gasteiger partial charge on any atom is 0.406 e. The Morgan fingerprint density at radius 2 is 2.04 bits per heavy atom. The molecule has 128 valence electrons. The standard InChI is InChI=1S/C15H21F3N4O/c1-20(2)12-5-8-21(9-6-12)14(23)4-3-13-19-7-10-22(13)11-15(16,17)18/h3-4,7,10,12H,5-6,8-9,11H2,1-2H3/b4-3+. The van der Waals surface area contributed by atoms with E-state index in [2.05, 4.69) is 9.88 Å². The van der Waals surface area contributed by atoms with Gasteiger partial charge in [0.25, 0.3) is 0 Å². The van der Waals surface area contributed by atoms with Crippen molar-refractivity contribution in [1.82, 2.24) is 19.4 Å². The summed E-state index contributed by atoms with van der Waals surface area (Å²) in [5.41, 5.74) is 0. The van der Waals surface area contributed by atoms with Crippen LogP contribution >= 0.6 is 0 Å². The maximum atomic E-state index is 12.4. The zero-order valence-electron chi connectivity index (χ0n) is 13.3. The number of aromatic nitrogens is 2. The predicted octanol–water partition coefficient (Wildman–Crippen LogP) is 2.01. The molecule has 0 aliphatic carbocycles. The minimum atomic E-state index is -4.32. The van der Waals surface area contributed by atoms with Gasteiger partial charge in [0.15, 0.2) is 0 Å². The molecule has 1 aromatic heterocycles. The molecule has 0 spiro atoms. The molecule has 23 heavy (non-hydrogen) atoms. The number of rotatable bonds is 4. The van der Waals surface area contributed by atoms with Gasteiger partial charge in [-0.05, 0) is 33.0 Å². The van der Waals surface area contributed by atoms with Crippen LogP contribution in [0.3, 0.4) is 0 Å². The molecule has 1 aliphatic rings. The highest BCUT2D eigenvalue weighted by atomic mass is 19.4. The Hall–Kier alpha value is -1.83. The van der Waals surface area contributed by atoms with Gasteiger partial charge in [-0.1, -0.05) is 0 Å². The number of hydrogen-bond donors (Lipinski definition) is 0. The third kappa shape index (κ3) is 5.09. The van der Waals surface area contributed by atoms with Gasteiger partial charge in [-0.25, -0.2) is 4.98 Å². The van der Waals surface area contributed by atoms with Crippen molar-refractivity contribution < 1.29 is 18.0 Å². The maximum absolute atomic E-state index is 12.4. The summed E-state index contributed by atoms with van der Waals surface area (Å²) in [5.74, 6) is -0.0670. The average Bonchev–Trinajstić information content (AvgIpc) is 2.90. The molecule has 5 nitrogen and oxygen atoms in total. The summed E-state index contributed by atoms with van der Waals surface area (Å²) in [5, 5.41) is 0. The lowest BCUT2D eigenvalue weighted by Crippen LogP contribution is -2.43. The lowest BCUT2D eigenvalue weighted by atomic mass is 10.0. The van der Waals surface area contributed by atoms with Gasteiger partial charge in [-0.15, -0.1) is 0 Å². The normalized spacial score (nSPS) is 17.4. The first-order valence-electron chi connectivity index (χ1n) is 7.47. The first kappa shape index (κ1) is 17.5. The second-order valence-corrected chi connectivity index (χ2v) is 5.88. The number of piperidine rings is 1. The number of halogens is 3. The number of nitrogens with zero attached hydrogens (tertiary/aromatic N) is 4. The van der Waals surface area contributed by atoms with Crippen LogP contribution in [0.5, 0.6) is 0 Å². The molecule has 0 atom stereocenters. The number of carbonyl (C=O) groups is 1. The Labute approximate surface area is 133 Å². The monoisotopic (exact) mass is 330 g/mol. The van der Waals surface area contributed by atoms with Gasteiger partial charge >= 0.3 is 6.18 Å². The summed E-state index contributed by atoms with van der Waals surface area (Å²) in [6, 6.07) is 0.466. The van der Waals surface area contributed by atoms with Crippen molar-refractivity contribution in [3.8, 4) is 0 Å². The minimum absolute atomic E-state index is 0.124. The zero-order valence-corrected chi connectivity index (χ0v) is 13.3. The second kappa shape index (κ2) is 7.16. The van der Waals surface area contributed by atoms with Crippen molar-refractivity contribution in [1.29, 1.82) is 0 Å². The van der Waals surface area contributed by atoms with Crippen molar-refractivity contribution in [3.05, 3.63) is 24.3 Å². The number of amides is 1. The minimum Gasteiger partial charge on any atom is -0.339 e. The average molecular weight is 330 g/mol. The summed E-state index contributed by atoms with van der Waals surface area (Å²) in [7, 11) is 4.03. The van der Waals surface area contributed by atoms with Crippen LogP contribution in [0.1, 0.15) is 18.7 Å². The highest BCUT2D eigenvalue weighted by molar-refractivity contribution is 5.91. The first-order valence-corrected chi connectivity index (χ1v) is 7.47. The van der Waals surface area contributed by atoms with Gasteiger partial charge < -0.3 is 14.4 Å². The molecule has 0 saturated carbocycles. The van der Waals surface area contributed by atoms with E-state index in [-0.39, 0.29) is 11.7 Å². The lowest BCUT2D eigenvalue weighted by Gasteiger charge is -2.34. The molecule has 8 heteroatoms. The van der Waals surface area contributed by atoms with E-state index in [4.69, 9.17) is 0 Å². The van der Waals surface area contributed by atoms with Crippen molar-refractivity contribution in [2.24, 2.45) is 0 Å². The van der Waals surface area contributed by atoms with Gasteiger partial charge in [0, 0.05) is 37.6 Å². The van der Waals surface area contributed by atoms with Crippen LogP contribution in [0.25, 0.3) is 6.08 Å². The van der Waals surface area contributed by atoms with Crippen LogP contribution in [-0.2, 0) is 11.3 Å². The van der Waals surface area contributed by atoms with E-state index < -0.39 is 12.7 Å². The number of carbonyl (C=O) groups excluding carboxylic acids is 1. The van der Waals surface area contributed by atoms with E-state index in [1.54, 1.807) is 4.90 Å². The SMILES string of the molecule is CN(C)C1CCN(C(=O)/C=C/c2nccn2CC(F)(F)F)CC1. The molecule has 0 unspecified atom stereocenters. The molecule has 1 saturated heterocycles. The number of alkyl halides is 3. The van der Waals surface area contributed by atoms with E-state index in [0.29, 0.717) is 19.1 Å². The number of imidazole rings is 1. The van der Waals surface area contributed by atoms with E-state index in [1.165, 1.54) is 24.5 Å². The number of likely N-dealkylation sites (tertiary alicyclic amines) is 1. The quantitative estimate of drug-likeness (QED) is 0.793. The molecule has 0 bridgehead atoms. The molecule has 1 fully saturated rings. The molecule has 0 N–H and O–H groups in total. The van der Waals surface area contributed by atoms with E-state index in [1.807, 2.05) is 14.1 Å². The van der Waals surface area contributed by atoms with Gasteiger partial charge in [0.05, 0.1) is 0 Å². The van der Waals surface area contributed by atoms with Crippen molar-refractivity contribution in [2.45, 2.75) is 31.6 Å². The van der Waals surface area contributed by atoms with E-state index in [9.17, 15) is 18.0 Å². The van der Waals surface area contributed by atoms with Gasteiger partial charge in [-0.3, -0.25) is 4.79 Å². The van der Waals surface area contributed by atoms with E-state index >= 15 is 0 Å². The molecule has 1 aromatic rings. The van der Waals surface area contributed by atoms with Crippen LogP contribution in [0.15, 0.2) is 18.5 Å². The molecule has 0 aromatic carbocycles.